The molecule has 3 heterocycles. The first-order valence-corrected chi connectivity index (χ1v) is 7.34. The first-order valence-electron chi connectivity index (χ1n) is 7.34. The minimum Gasteiger partial charge on any atom is -0.460 e. The van der Waals surface area contributed by atoms with Gasteiger partial charge in [-0.1, -0.05) is 0 Å². The van der Waals surface area contributed by atoms with Crippen LogP contribution >= 0.6 is 0 Å². The largest absolute Gasteiger partial charge is 0.460 e. The first kappa shape index (κ1) is 16.4. The van der Waals surface area contributed by atoms with E-state index in [1.807, 2.05) is 4.90 Å². The Kier molecular flexibility index (Phi) is 4.50. The molecule has 0 unspecified atom stereocenters. The molecule has 0 radical (unpaired) electrons. The lowest BCUT2D eigenvalue weighted by Crippen LogP contribution is -2.38. The van der Waals surface area contributed by atoms with Crippen molar-refractivity contribution in [2.45, 2.75) is 25.1 Å². The quantitative estimate of drug-likeness (QED) is 0.803. The summed E-state index contributed by atoms with van der Waals surface area (Å²) in [7, 11) is 0. The lowest BCUT2D eigenvalue weighted by Gasteiger charge is -2.32. The lowest BCUT2D eigenvalue weighted by molar-refractivity contribution is -0.137. The van der Waals surface area contributed by atoms with Gasteiger partial charge in [-0.05, 0) is 12.1 Å². The molecule has 2 aromatic heterocycles. The maximum atomic E-state index is 12.7. The molecule has 0 aromatic carbocycles. The average Bonchev–Trinajstić information content (AvgIpc) is 2.57. The molecule has 0 N–H and O–H groups in total. The van der Waals surface area contributed by atoms with Gasteiger partial charge < -0.3 is 9.64 Å². The molecule has 128 valence electrons. The fraction of sp³-hybridized carbons (Fsp3) is 0.400. The summed E-state index contributed by atoms with van der Waals surface area (Å²) >= 11 is 0. The molecule has 9 heteroatoms. The summed E-state index contributed by atoms with van der Waals surface area (Å²) in [6.07, 6.45) is -0.326. The zero-order valence-corrected chi connectivity index (χ0v) is 12.5. The molecule has 3 rings (SSSR count). The van der Waals surface area contributed by atoms with Crippen molar-refractivity contribution in [2.75, 3.05) is 18.0 Å². The third-order valence-corrected chi connectivity index (χ3v) is 3.71. The third-order valence-electron chi connectivity index (χ3n) is 3.71. The van der Waals surface area contributed by atoms with Crippen molar-refractivity contribution in [1.82, 2.24) is 15.0 Å². The van der Waals surface area contributed by atoms with Crippen LogP contribution in [0.25, 0.3) is 0 Å². The van der Waals surface area contributed by atoms with E-state index in [2.05, 4.69) is 15.0 Å². The van der Waals surface area contributed by atoms with Crippen molar-refractivity contribution in [2.24, 2.45) is 0 Å². The summed E-state index contributed by atoms with van der Waals surface area (Å²) in [5, 5.41) is 0. The van der Waals surface area contributed by atoms with Gasteiger partial charge in [-0.25, -0.2) is 19.3 Å². The van der Waals surface area contributed by atoms with Crippen molar-refractivity contribution >= 4 is 5.82 Å². The van der Waals surface area contributed by atoms with Gasteiger partial charge in [0.05, 0.1) is 18.0 Å². The number of pyridine rings is 1. The lowest BCUT2D eigenvalue weighted by atomic mass is 10.1. The van der Waals surface area contributed by atoms with Gasteiger partial charge in [0.15, 0.2) is 5.82 Å². The monoisotopic (exact) mass is 342 g/mol. The van der Waals surface area contributed by atoms with Gasteiger partial charge in [0, 0.05) is 32.1 Å². The maximum absolute atomic E-state index is 12.7. The summed E-state index contributed by atoms with van der Waals surface area (Å²) in [5.41, 5.74) is -0.766. The van der Waals surface area contributed by atoms with E-state index in [1.165, 1.54) is 6.07 Å². The molecule has 5 nitrogen and oxygen atoms in total. The number of piperidine rings is 1. The predicted octanol–water partition coefficient (Wildman–Crippen LogP) is 3.08. The Balaban J connectivity index is 1.56. The summed E-state index contributed by atoms with van der Waals surface area (Å²) in [6, 6.07) is 2.51. The van der Waals surface area contributed by atoms with E-state index >= 15 is 0 Å². The number of nitrogens with zero attached hydrogens (tertiary/aromatic N) is 4. The SMILES string of the molecule is Fc1cnc(OC2CCN(c3ccc(C(F)(F)F)cn3)CC2)nc1. The highest BCUT2D eigenvalue weighted by molar-refractivity contribution is 5.40. The fourth-order valence-electron chi connectivity index (χ4n) is 2.45. The van der Waals surface area contributed by atoms with Crippen molar-refractivity contribution in [1.29, 1.82) is 0 Å². The Morgan fingerprint density at radius 1 is 1.00 bits per heavy atom. The van der Waals surface area contributed by atoms with Gasteiger partial charge in [-0.2, -0.15) is 13.2 Å². The molecule has 1 fully saturated rings. The normalized spacial score (nSPS) is 16.2. The van der Waals surface area contributed by atoms with E-state index in [0.717, 1.165) is 24.7 Å². The summed E-state index contributed by atoms with van der Waals surface area (Å²) < 4.78 is 55.9. The van der Waals surface area contributed by atoms with E-state index in [1.54, 1.807) is 0 Å². The van der Waals surface area contributed by atoms with Gasteiger partial charge in [-0.3, -0.25) is 0 Å². The fourth-order valence-corrected chi connectivity index (χ4v) is 2.45. The summed E-state index contributed by atoms with van der Waals surface area (Å²) in [4.78, 5) is 13.3. The highest BCUT2D eigenvalue weighted by Crippen LogP contribution is 2.30. The van der Waals surface area contributed by atoms with Crippen LogP contribution in [-0.4, -0.2) is 34.1 Å². The van der Waals surface area contributed by atoms with Crippen LogP contribution in [0.2, 0.25) is 0 Å². The molecule has 0 spiro atoms. The van der Waals surface area contributed by atoms with Gasteiger partial charge >= 0.3 is 12.2 Å². The van der Waals surface area contributed by atoms with Gasteiger partial charge in [0.25, 0.3) is 0 Å². The van der Waals surface area contributed by atoms with E-state index in [9.17, 15) is 17.6 Å². The Hall–Kier alpha value is -2.45. The molecule has 0 saturated carbocycles. The molecule has 0 atom stereocenters. The van der Waals surface area contributed by atoms with Gasteiger partial charge in [-0.15, -0.1) is 0 Å². The molecule has 1 saturated heterocycles. The topological polar surface area (TPSA) is 51.1 Å². The number of anilines is 1. The Morgan fingerprint density at radius 2 is 1.67 bits per heavy atom. The molecule has 1 aliphatic rings. The highest BCUT2D eigenvalue weighted by Gasteiger charge is 2.31. The summed E-state index contributed by atoms with van der Waals surface area (Å²) in [5.74, 6) is -0.0370. The first-order chi connectivity index (χ1) is 11.4. The third kappa shape index (κ3) is 3.90. The van der Waals surface area contributed by atoms with Gasteiger partial charge in [0.1, 0.15) is 11.9 Å². The van der Waals surface area contributed by atoms with Crippen LogP contribution in [0.5, 0.6) is 6.01 Å². The zero-order chi connectivity index (χ0) is 17.2. The number of aromatic nitrogens is 3. The number of ether oxygens (including phenoxy) is 1. The van der Waals surface area contributed by atoms with Crippen LogP contribution in [0.1, 0.15) is 18.4 Å². The number of rotatable bonds is 3. The van der Waals surface area contributed by atoms with Crippen molar-refractivity contribution < 1.29 is 22.3 Å². The molecule has 0 amide bonds. The van der Waals surface area contributed by atoms with Crippen molar-refractivity contribution in [3.63, 3.8) is 0 Å². The van der Waals surface area contributed by atoms with E-state index in [4.69, 9.17) is 4.74 Å². The van der Waals surface area contributed by atoms with Gasteiger partial charge in [0.2, 0.25) is 0 Å². The molecular formula is C15H14F4N4O. The maximum Gasteiger partial charge on any atom is 0.417 e. The smallest absolute Gasteiger partial charge is 0.417 e. The van der Waals surface area contributed by atoms with Crippen molar-refractivity contribution in [3.8, 4) is 6.01 Å². The van der Waals surface area contributed by atoms with Crippen LogP contribution in [0.15, 0.2) is 30.7 Å². The molecule has 1 aliphatic heterocycles. The number of alkyl halides is 3. The van der Waals surface area contributed by atoms with Crippen LogP contribution < -0.4 is 9.64 Å². The molecular weight excluding hydrogens is 328 g/mol. The Labute approximate surface area is 135 Å². The number of halogens is 4. The van der Waals surface area contributed by atoms with Crippen LogP contribution in [0, 0.1) is 5.82 Å². The van der Waals surface area contributed by atoms with E-state index in [-0.39, 0.29) is 12.1 Å². The van der Waals surface area contributed by atoms with Crippen LogP contribution in [0.3, 0.4) is 0 Å². The average molecular weight is 342 g/mol. The minimum atomic E-state index is -4.39. The second-order valence-electron chi connectivity index (χ2n) is 5.39. The Morgan fingerprint density at radius 3 is 2.21 bits per heavy atom. The number of hydrogen-bond acceptors (Lipinski definition) is 5. The van der Waals surface area contributed by atoms with Crippen LogP contribution in [0.4, 0.5) is 23.4 Å². The molecule has 0 aliphatic carbocycles. The number of hydrogen-bond donors (Lipinski definition) is 0. The predicted molar refractivity (Wildman–Crippen MR) is 77.1 cm³/mol. The Bertz CT molecular complexity index is 667. The van der Waals surface area contributed by atoms with Crippen molar-refractivity contribution in [3.05, 3.63) is 42.1 Å². The minimum absolute atomic E-state index is 0.113. The molecule has 2 aromatic rings. The second-order valence-corrected chi connectivity index (χ2v) is 5.39. The van der Waals surface area contributed by atoms with Crippen LogP contribution in [-0.2, 0) is 6.18 Å². The summed E-state index contributed by atoms with van der Waals surface area (Å²) in [6.45, 7) is 1.18. The zero-order valence-electron chi connectivity index (χ0n) is 12.5. The highest BCUT2D eigenvalue weighted by atomic mass is 19.4. The standard InChI is InChI=1S/C15H14F4N4O/c16-11-8-21-14(22-9-11)24-12-3-5-23(6-4-12)13-2-1-10(7-20-13)15(17,18)19/h1-2,7-9,12H,3-6H2. The molecule has 0 bridgehead atoms. The molecule has 24 heavy (non-hydrogen) atoms. The second kappa shape index (κ2) is 6.58. The van der Waals surface area contributed by atoms with E-state index in [0.29, 0.717) is 31.7 Å². The van der Waals surface area contributed by atoms with E-state index < -0.39 is 17.6 Å².